The van der Waals surface area contributed by atoms with Crippen LogP contribution in [0.4, 0.5) is 0 Å². The molecule has 1 aromatic carbocycles. The van der Waals surface area contributed by atoms with Crippen molar-refractivity contribution in [2.45, 2.75) is 45.4 Å². The third kappa shape index (κ3) is 3.67. The standard InChI is InChI=1S/C19H25N3O2/c1-3-24-18(16-8-5-4-6-9-16)19(23)22-11-7-10-17(22)14-21-13-15(2)12-20-21/h4-6,8-9,12-13,17-18H,3,7,10-11,14H2,1-2H3/t17-,18-/m1/s1. The molecule has 5 heteroatoms. The molecule has 0 spiro atoms. The molecule has 1 aliphatic rings. The first-order chi connectivity index (χ1) is 11.7. The van der Waals surface area contributed by atoms with Gasteiger partial charge in [0.2, 0.25) is 0 Å². The van der Waals surface area contributed by atoms with Gasteiger partial charge in [0.05, 0.1) is 18.8 Å². The quantitative estimate of drug-likeness (QED) is 0.819. The van der Waals surface area contributed by atoms with Crippen LogP contribution in [0.15, 0.2) is 42.7 Å². The van der Waals surface area contributed by atoms with Crippen LogP contribution >= 0.6 is 0 Å². The average Bonchev–Trinajstić information content (AvgIpc) is 3.22. The first kappa shape index (κ1) is 16.7. The number of rotatable bonds is 6. The smallest absolute Gasteiger partial charge is 0.256 e. The lowest BCUT2D eigenvalue weighted by Gasteiger charge is -2.29. The van der Waals surface area contributed by atoms with Gasteiger partial charge in [0.25, 0.3) is 5.91 Å². The molecular weight excluding hydrogens is 302 g/mol. The topological polar surface area (TPSA) is 47.4 Å². The fraction of sp³-hybridized carbons (Fsp3) is 0.474. The molecule has 0 radical (unpaired) electrons. The van der Waals surface area contributed by atoms with Gasteiger partial charge in [-0.3, -0.25) is 9.48 Å². The maximum atomic E-state index is 13.1. The minimum absolute atomic E-state index is 0.0643. The molecule has 2 atom stereocenters. The highest BCUT2D eigenvalue weighted by Gasteiger charge is 2.34. The summed E-state index contributed by atoms with van der Waals surface area (Å²) in [5, 5.41) is 4.36. The molecular formula is C19H25N3O2. The van der Waals surface area contributed by atoms with Crippen molar-refractivity contribution >= 4 is 5.91 Å². The Labute approximate surface area is 143 Å². The van der Waals surface area contributed by atoms with E-state index in [-0.39, 0.29) is 11.9 Å². The number of benzene rings is 1. The van der Waals surface area contributed by atoms with Crippen LogP contribution < -0.4 is 0 Å². The molecule has 5 nitrogen and oxygen atoms in total. The predicted molar refractivity (Wildman–Crippen MR) is 92.5 cm³/mol. The van der Waals surface area contributed by atoms with Crippen LogP contribution in [0.3, 0.4) is 0 Å². The molecule has 0 saturated carbocycles. The van der Waals surface area contributed by atoms with Crippen LogP contribution in [0.1, 0.15) is 37.0 Å². The maximum Gasteiger partial charge on any atom is 0.256 e. The van der Waals surface area contributed by atoms with Crippen molar-refractivity contribution in [2.75, 3.05) is 13.2 Å². The molecule has 128 valence electrons. The van der Waals surface area contributed by atoms with Crippen LogP contribution in [-0.4, -0.2) is 39.8 Å². The van der Waals surface area contributed by atoms with Crippen molar-refractivity contribution in [1.82, 2.24) is 14.7 Å². The van der Waals surface area contributed by atoms with Gasteiger partial charge in [-0.05, 0) is 37.8 Å². The molecule has 1 saturated heterocycles. The third-order valence-corrected chi connectivity index (χ3v) is 4.48. The van der Waals surface area contributed by atoms with E-state index in [1.54, 1.807) is 0 Å². The Morgan fingerprint density at radius 2 is 2.17 bits per heavy atom. The predicted octanol–water partition coefficient (Wildman–Crippen LogP) is 2.96. The van der Waals surface area contributed by atoms with E-state index in [0.29, 0.717) is 6.61 Å². The highest BCUT2D eigenvalue weighted by Crippen LogP contribution is 2.26. The van der Waals surface area contributed by atoms with Crippen LogP contribution in [0, 0.1) is 6.92 Å². The van der Waals surface area contributed by atoms with Gasteiger partial charge in [0.15, 0.2) is 6.10 Å². The molecule has 1 amide bonds. The zero-order valence-corrected chi connectivity index (χ0v) is 14.4. The van der Waals surface area contributed by atoms with Crippen LogP contribution in [-0.2, 0) is 16.1 Å². The molecule has 1 fully saturated rings. The van der Waals surface area contributed by atoms with Crippen molar-refractivity contribution in [3.63, 3.8) is 0 Å². The number of hydrogen-bond acceptors (Lipinski definition) is 3. The molecule has 0 aliphatic carbocycles. The number of aromatic nitrogens is 2. The van der Waals surface area contributed by atoms with E-state index in [1.165, 1.54) is 0 Å². The van der Waals surface area contributed by atoms with Gasteiger partial charge in [-0.25, -0.2) is 0 Å². The lowest BCUT2D eigenvalue weighted by atomic mass is 10.1. The van der Waals surface area contributed by atoms with E-state index < -0.39 is 6.10 Å². The van der Waals surface area contributed by atoms with E-state index in [2.05, 4.69) is 5.10 Å². The summed E-state index contributed by atoms with van der Waals surface area (Å²) in [7, 11) is 0. The number of carbonyl (C=O) groups is 1. The Hall–Kier alpha value is -2.14. The molecule has 1 aliphatic heterocycles. The molecule has 3 rings (SSSR count). The summed E-state index contributed by atoms with van der Waals surface area (Å²) >= 11 is 0. The van der Waals surface area contributed by atoms with Gasteiger partial charge < -0.3 is 9.64 Å². The van der Waals surface area contributed by atoms with Gasteiger partial charge in [-0.15, -0.1) is 0 Å². The highest BCUT2D eigenvalue weighted by molar-refractivity contribution is 5.83. The SMILES string of the molecule is CCO[C@@H](C(=O)N1CCC[C@@H]1Cn1cc(C)cn1)c1ccccc1. The second-order valence-electron chi connectivity index (χ2n) is 6.31. The second-order valence-corrected chi connectivity index (χ2v) is 6.31. The van der Waals surface area contributed by atoms with E-state index >= 15 is 0 Å². The van der Waals surface area contributed by atoms with Gasteiger partial charge in [-0.1, -0.05) is 30.3 Å². The van der Waals surface area contributed by atoms with E-state index in [0.717, 1.165) is 37.1 Å². The average molecular weight is 327 g/mol. The van der Waals surface area contributed by atoms with Crippen LogP contribution in [0.2, 0.25) is 0 Å². The first-order valence-electron chi connectivity index (χ1n) is 8.65. The van der Waals surface area contributed by atoms with Crippen molar-refractivity contribution in [2.24, 2.45) is 0 Å². The number of carbonyl (C=O) groups excluding carboxylic acids is 1. The van der Waals surface area contributed by atoms with Crippen molar-refractivity contribution in [3.05, 3.63) is 53.9 Å². The van der Waals surface area contributed by atoms with Crippen molar-refractivity contribution < 1.29 is 9.53 Å². The monoisotopic (exact) mass is 327 g/mol. The summed E-state index contributed by atoms with van der Waals surface area (Å²) < 4.78 is 7.73. The van der Waals surface area contributed by atoms with E-state index in [9.17, 15) is 4.79 Å². The zero-order valence-electron chi connectivity index (χ0n) is 14.4. The normalized spacial score (nSPS) is 18.8. The number of aryl methyl sites for hydroxylation is 1. The van der Waals surface area contributed by atoms with Crippen LogP contribution in [0.25, 0.3) is 0 Å². The van der Waals surface area contributed by atoms with Crippen molar-refractivity contribution in [1.29, 1.82) is 0 Å². The number of ether oxygens (including phenoxy) is 1. The Bertz CT molecular complexity index is 668. The molecule has 2 heterocycles. The number of amides is 1. The minimum Gasteiger partial charge on any atom is -0.364 e. The highest BCUT2D eigenvalue weighted by atomic mass is 16.5. The molecule has 0 bridgehead atoms. The Morgan fingerprint density at radius 3 is 2.83 bits per heavy atom. The fourth-order valence-corrected chi connectivity index (χ4v) is 3.35. The first-order valence-corrected chi connectivity index (χ1v) is 8.65. The summed E-state index contributed by atoms with van der Waals surface area (Å²) in [5.74, 6) is 0.0643. The minimum atomic E-state index is -0.517. The summed E-state index contributed by atoms with van der Waals surface area (Å²) in [6, 6.07) is 9.95. The summed E-state index contributed by atoms with van der Waals surface area (Å²) in [5.41, 5.74) is 2.06. The Kier molecular flexibility index (Phi) is 5.30. The summed E-state index contributed by atoms with van der Waals surface area (Å²) in [6.07, 6.45) is 5.41. The molecule has 1 aromatic heterocycles. The number of hydrogen-bond donors (Lipinski definition) is 0. The van der Waals surface area contributed by atoms with E-state index in [1.807, 2.05) is 66.2 Å². The summed E-state index contributed by atoms with van der Waals surface area (Å²) in [6.45, 7) is 6.01. The zero-order chi connectivity index (χ0) is 16.9. The van der Waals surface area contributed by atoms with Gasteiger partial charge in [0, 0.05) is 19.3 Å². The maximum absolute atomic E-state index is 13.1. The summed E-state index contributed by atoms with van der Waals surface area (Å²) in [4.78, 5) is 15.1. The Morgan fingerprint density at radius 1 is 1.38 bits per heavy atom. The largest absolute Gasteiger partial charge is 0.364 e. The van der Waals surface area contributed by atoms with Gasteiger partial charge in [0.1, 0.15) is 0 Å². The van der Waals surface area contributed by atoms with Gasteiger partial charge in [-0.2, -0.15) is 5.10 Å². The second kappa shape index (κ2) is 7.62. The molecule has 0 N–H and O–H groups in total. The fourth-order valence-electron chi connectivity index (χ4n) is 3.35. The lowest BCUT2D eigenvalue weighted by Crippen LogP contribution is -2.41. The third-order valence-electron chi connectivity index (χ3n) is 4.48. The van der Waals surface area contributed by atoms with E-state index in [4.69, 9.17) is 4.74 Å². The molecule has 24 heavy (non-hydrogen) atoms. The molecule has 2 aromatic rings. The number of nitrogens with zero attached hydrogens (tertiary/aromatic N) is 3. The van der Waals surface area contributed by atoms with Gasteiger partial charge >= 0.3 is 0 Å². The molecule has 0 unspecified atom stereocenters. The van der Waals surface area contributed by atoms with Crippen molar-refractivity contribution in [3.8, 4) is 0 Å². The lowest BCUT2D eigenvalue weighted by molar-refractivity contribution is -0.145. The van der Waals surface area contributed by atoms with Crippen LogP contribution in [0.5, 0.6) is 0 Å². The Balaban J connectivity index is 1.75. The number of likely N-dealkylation sites (tertiary alicyclic amines) is 1.